The average Bonchev–Trinajstić information content (AvgIpc) is 2.16. The molecular formula is C10H19NO3. The summed E-state index contributed by atoms with van der Waals surface area (Å²) < 4.78 is 10.3. The van der Waals surface area contributed by atoms with Crippen molar-refractivity contribution in [2.75, 3.05) is 40.0 Å². The fourth-order valence-electron chi connectivity index (χ4n) is 2.38. The van der Waals surface area contributed by atoms with Gasteiger partial charge in [-0.3, -0.25) is 4.90 Å². The van der Waals surface area contributed by atoms with Gasteiger partial charge < -0.3 is 14.6 Å². The number of aliphatic hydroxyl groups is 1. The van der Waals surface area contributed by atoms with Gasteiger partial charge in [0.15, 0.2) is 0 Å². The fourth-order valence-corrected chi connectivity index (χ4v) is 2.38. The van der Waals surface area contributed by atoms with Gasteiger partial charge in [-0.15, -0.1) is 0 Å². The number of likely N-dealkylation sites (tertiary alicyclic amines) is 1. The van der Waals surface area contributed by atoms with E-state index in [0.717, 1.165) is 39.1 Å². The number of β-amino-alcohol motifs (C(OH)–C–C–N with tert-alkyl or cyclic N) is 1. The quantitative estimate of drug-likeness (QED) is 0.690. The van der Waals surface area contributed by atoms with Crippen molar-refractivity contribution in [2.24, 2.45) is 0 Å². The van der Waals surface area contributed by atoms with E-state index in [0.29, 0.717) is 12.6 Å². The molecule has 82 valence electrons. The van der Waals surface area contributed by atoms with Crippen LogP contribution in [0.15, 0.2) is 0 Å². The molecule has 2 saturated heterocycles. The Morgan fingerprint density at radius 2 is 2.07 bits per heavy atom. The van der Waals surface area contributed by atoms with Gasteiger partial charge >= 0.3 is 0 Å². The summed E-state index contributed by atoms with van der Waals surface area (Å²) in [6.45, 7) is 3.69. The van der Waals surface area contributed by atoms with Crippen molar-refractivity contribution in [2.45, 2.75) is 24.5 Å². The number of ether oxygens (including phenoxy) is 2. The first-order valence-corrected chi connectivity index (χ1v) is 5.27. The third-order valence-corrected chi connectivity index (χ3v) is 3.12. The summed E-state index contributed by atoms with van der Waals surface area (Å²) in [5.41, 5.74) is -0.590. The first kappa shape index (κ1) is 10.4. The zero-order valence-electron chi connectivity index (χ0n) is 8.74. The molecule has 0 atom stereocenters. The Balaban J connectivity index is 1.75. The second-order valence-corrected chi connectivity index (χ2v) is 4.41. The van der Waals surface area contributed by atoms with Crippen LogP contribution in [0, 0.1) is 0 Å². The molecule has 1 N–H and O–H groups in total. The molecule has 2 fully saturated rings. The minimum absolute atomic E-state index is 0.451. The van der Waals surface area contributed by atoms with Crippen LogP contribution in [0.5, 0.6) is 0 Å². The number of nitrogens with zero attached hydrogens (tertiary/aromatic N) is 1. The summed E-state index contributed by atoms with van der Waals surface area (Å²) in [5, 5.41) is 9.91. The van der Waals surface area contributed by atoms with Crippen LogP contribution in [-0.2, 0) is 9.47 Å². The van der Waals surface area contributed by atoms with Crippen molar-refractivity contribution in [1.29, 1.82) is 0 Å². The van der Waals surface area contributed by atoms with E-state index in [-0.39, 0.29) is 0 Å². The van der Waals surface area contributed by atoms with Crippen molar-refractivity contribution in [3.8, 4) is 0 Å². The van der Waals surface area contributed by atoms with Gasteiger partial charge in [-0.1, -0.05) is 0 Å². The Kier molecular flexibility index (Phi) is 3.07. The topological polar surface area (TPSA) is 41.9 Å². The van der Waals surface area contributed by atoms with Crippen molar-refractivity contribution in [1.82, 2.24) is 4.90 Å². The number of methoxy groups -OCH3 is 1. The normalized spacial score (nSPS) is 28.7. The van der Waals surface area contributed by atoms with Gasteiger partial charge in [0.2, 0.25) is 0 Å². The van der Waals surface area contributed by atoms with E-state index in [1.54, 1.807) is 7.11 Å². The van der Waals surface area contributed by atoms with Crippen LogP contribution >= 0.6 is 0 Å². The van der Waals surface area contributed by atoms with Crippen molar-refractivity contribution >= 4 is 0 Å². The molecule has 0 saturated carbocycles. The minimum atomic E-state index is -0.590. The highest BCUT2D eigenvalue weighted by atomic mass is 16.5. The molecule has 0 aliphatic carbocycles. The van der Waals surface area contributed by atoms with Crippen molar-refractivity contribution < 1.29 is 14.6 Å². The molecule has 0 spiro atoms. The first-order chi connectivity index (χ1) is 6.73. The Morgan fingerprint density at radius 1 is 1.43 bits per heavy atom. The molecule has 0 bridgehead atoms. The number of rotatable bonds is 3. The highest BCUT2D eigenvalue weighted by molar-refractivity contribution is 4.98. The van der Waals surface area contributed by atoms with Crippen LogP contribution in [0.2, 0.25) is 0 Å². The maximum atomic E-state index is 9.91. The number of hydrogen-bond donors (Lipinski definition) is 1. The molecule has 0 aromatic heterocycles. The Labute approximate surface area is 84.8 Å². The molecule has 4 heteroatoms. The van der Waals surface area contributed by atoms with Crippen LogP contribution in [0.4, 0.5) is 0 Å². The summed E-state index contributed by atoms with van der Waals surface area (Å²) in [5.74, 6) is 0. The van der Waals surface area contributed by atoms with Crippen LogP contribution in [0.25, 0.3) is 0 Å². The first-order valence-electron chi connectivity index (χ1n) is 5.27. The zero-order chi connectivity index (χ0) is 10.0. The third kappa shape index (κ3) is 2.08. The second-order valence-electron chi connectivity index (χ2n) is 4.41. The van der Waals surface area contributed by atoms with Crippen molar-refractivity contribution in [3.63, 3.8) is 0 Å². The van der Waals surface area contributed by atoms with Gasteiger partial charge in [-0.05, 0) is 12.8 Å². The third-order valence-electron chi connectivity index (χ3n) is 3.12. The summed E-state index contributed by atoms with van der Waals surface area (Å²) in [6, 6.07) is 0.612. The molecule has 4 nitrogen and oxygen atoms in total. The average molecular weight is 201 g/mol. The summed E-state index contributed by atoms with van der Waals surface area (Å²) in [6.07, 6.45) is 2.20. The lowest BCUT2D eigenvalue weighted by Gasteiger charge is -2.50. The largest absolute Gasteiger partial charge is 0.385 e. The molecular weight excluding hydrogens is 182 g/mol. The highest BCUT2D eigenvalue weighted by Gasteiger charge is 2.44. The van der Waals surface area contributed by atoms with Gasteiger partial charge in [-0.25, -0.2) is 0 Å². The lowest BCUT2D eigenvalue weighted by Crippen LogP contribution is -2.67. The van der Waals surface area contributed by atoms with Crippen LogP contribution in [0.3, 0.4) is 0 Å². The molecule has 0 aromatic rings. The van der Waals surface area contributed by atoms with E-state index >= 15 is 0 Å². The molecule has 2 aliphatic heterocycles. The standard InChI is InChI=1S/C10H19NO3/c1-13-8-10(12)6-11(7-10)9-2-4-14-5-3-9/h9,12H,2-8H2,1H3. The minimum Gasteiger partial charge on any atom is -0.385 e. The highest BCUT2D eigenvalue weighted by Crippen LogP contribution is 2.27. The van der Waals surface area contributed by atoms with Gasteiger partial charge in [0.25, 0.3) is 0 Å². The molecule has 0 radical (unpaired) electrons. The lowest BCUT2D eigenvalue weighted by molar-refractivity contribution is -0.155. The maximum Gasteiger partial charge on any atom is 0.113 e. The molecule has 2 rings (SSSR count). The lowest BCUT2D eigenvalue weighted by atomic mass is 9.91. The van der Waals surface area contributed by atoms with E-state index in [2.05, 4.69) is 4.90 Å². The smallest absolute Gasteiger partial charge is 0.113 e. The predicted octanol–water partition coefficient (Wildman–Crippen LogP) is -0.142. The predicted molar refractivity (Wildman–Crippen MR) is 52.2 cm³/mol. The molecule has 0 aromatic carbocycles. The monoisotopic (exact) mass is 201 g/mol. The van der Waals surface area contributed by atoms with Crippen LogP contribution in [-0.4, -0.2) is 61.7 Å². The van der Waals surface area contributed by atoms with E-state index in [1.165, 1.54) is 0 Å². The Morgan fingerprint density at radius 3 is 2.64 bits per heavy atom. The summed E-state index contributed by atoms with van der Waals surface area (Å²) >= 11 is 0. The zero-order valence-corrected chi connectivity index (χ0v) is 8.74. The molecule has 2 aliphatic rings. The van der Waals surface area contributed by atoms with Crippen molar-refractivity contribution in [3.05, 3.63) is 0 Å². The van der Waals surface area contributed by atoms with Crippen LogP contribution in [0.1, 0.15) is 12.8 Å². The summed E-state index contributed by atoms with van der Waals surface area (Å²) in [7, 11) is 1.63. The van der Waals surface area contributed by atoms with Gasteiger partial charge in [0.1, 0.15) is 5.60 Å². The fraction of sp³-hybridized carbons (Fsp3) is 1.00. The molecule has 0 amide bonds. The van der Waals surface area contributed by atoms with E-state index in [9.17, 15) is 5.11 Å². The van der Waals surface area contributed by atoms with Gasteiger partial charge in [0.05, 0.1) is 6.61 Å². The van der Waals surface area contributed by atoms with E-state index in [1.807, 2.05) is 0 Å². The molecule has 0 unspecified atom stereocenters. The second kappa shape index (κ2) is 4.14. The Hall–Kier alpha value is -0.160. The summed E-state index contributed by atoms with van der Waals surface area (Å²) in [4.78, 5) is 2.33. The van der Waals surface area contributed by atoms with E-state index in [4.69, 9.17) is 9.47 Å². The maximum absolute atomic E-state index is 9.91. The Bertz CT molecular complexity index is 186. The molecule has 14 heavy (non-hydrogen) atoms. The van der Waals surface area contributed by atoms with Gasteiger partial charge in [0, 0.05) is 39.5 Å². The number of hydrogen-bond acceptors (Lipinski definition) is 4. The van der Waals surface area contributed by atoms with Gasteiger partial charge in [-0.2, -0.15) is 0 Å². The van der Waals surface area contributed by atoms with E-state index < -0.39 is 5.60 Å². The molecule has 2 heterocycles. The van der Waals surface area contributed by atoms with Crippen LogP contribution < -0.4 is 0 Å². The SMILES string of the molecule is COCC1(O)CN(C2CCOCC2)C1.